The Morgan fingerprint density at radius 2 is 1.89 bits per heavy atom. The Morgan fingerprint density at radius 1 is 1.28 bits per heavy atom. The fraction of sp³-hybridized carbons (Fsp3) is 0.667. The molecule has 1 heterocycles. The van der Waals surface area contributed by atoms with E-state index in [9.17, 15) is 0 Å². The Labute approximate surface area is 107 Å². The lowest BCUT2D eigenvalue weighted by Crippen LogP contribution is -2.16. The second-order valence-corrected chi connectivity index (χ2v) is 3.94. The van der Waals surface area contributed by atoms with E-state index >= 15 is 0 Å². The van der Waals surface area contributed by atoms with Crippen molar-refractivity contribution in [2.75, 3.05) is 32.7 Å². The number of methoxy groups -OCH3 is 2. The number of aliphatic hydroxyl groups is 1. The van der Waals surface area contributed by atoms with Crippen LogP contribution < -0.4 is 14.8 Å². The molecular weight excluding hydrogens is 234 g/mol. The summed E-state index contributed by atoms with van der Waals surface area (Å²) in [7, 11) is 3.10. The van der Waals surface area contributed by atoms with Gasteiger partial charge in [-0.25, -0.2) is 0 Å². The third-order valence-corrected chi connectivity index (χ3v) is 2.76. The maximum atomic E-state index is 8.93. The summed E-state index contributed by atoms with van der Waals surface area (Å²) in [5.74, 6) is 1.79. The van der Waals surface area contributed by atoms with E-state index in [0.29, 0.717) is 30.2 Å². The Morgan fingerprint density at radius 3 is 2.33 bits per heavy atom. The minimum Gasteiger partial charge on any atom is -0.481 e. The number of aliphatic hydroxyl groups excluding tert-OH is 1. The van der Waals surface area contributed by atoms with E-state index in [4.69, 9.17) is 14.6 Å². The fourth-order valence-electron chi connectivity index (χ4n) is 1.56. The molecule has 6 nitrogen and oxygen atoms in total. The molecular formula is C12H21N3O3. The largest absolute Gasteiger partial charge is 0.481 e. The van der Waals surface area contributed by atoms with E-state index < -0.39 is 0 Å². The molecule has 0 amide bonds. The molecule has 0 saturated carbocycles. The smallest absolute Gasteiger partial charge is 0.229 e. The summed E-state index contributed by atoms with van der Waals surface area (Å²) in [6.45, 7) is 3.00. The first-order valence-corrected chi connectivity index (χ1v) is 6.05. The second kappa shape index (κ2) is 7.71. The topological polar surface area (TPSA) is 76.5 Å². The average molecular weight is 255 g/mol. The first kappa shape index (κ1) is 14.5. The lowest BCUT2D eigenvalue weighted by atomic mass is 10.0. The first-order chi connectivity index (χ1) is 8.73. The van der Waals surface area contributed by atoms with Crippen molar-refractivity contribution in [3.8, 4) is 11.8 Å². The van der Waals surface area contributed by atoms with Crippen LogP contribution in [0.1, 0.15) is 19.8 Å². The number of nitrogens with zero attached hydrogens (tertiary/aromatic N) is 2. The van der Waals surface area contributed by atoms with E-state index in [2.05, 4.69) is 22.2 Å². The molecule has 0 radical (unpaired) electrons. The van der Waals surface area contributed by atoms with Gasteiger partial charge >= 0.3 is 0 Å². The molecule has 2 N–H and O–H groups in total. The van der Waals surface area contributed by atoms with Crippen LogP contribution in [0.3, 0.4) is 0 Å². The number of rotatable bonds is 8. The zero-order chi connectivity index (χ0) is 13.4. The number of aromatic nitrogens is 2. The van der Waals surface area contributed by atoms with Crippen LogP contribution >= 0.6 is 0 Å². The summed E-state index contributed by atoms with van der Waals surface area (Å²) in [6.07, 6.45) is 1.76. The standard InChI is InChI=1S/C12H21N3O3/c1-4-9(5-6-16)8-13-12-14-10(17-2)7-11(15-12)18-3/h7,9,16H,4-6,8H2,1-3H3,(H,13,14,15). The predicted octanol–water partition coefficient (Wildman–Crippen LogP) is 1.31. The van der Waals surface area contributed by atoms with Crippen LogP contribution in [-0.4, -0.2) is 42.4 Å². The zero-order valence-corrected chi connectivity index (χ0v) is 11.1. The minimum atomic E-state index is 0.197. The van der Waals surface area contributed by atoms with Crippen LogP contribution in [0.5, 0.6) is 11.8 Å². The number of anilines is 1. The number of hydrogen-bond donors (Lipinski definition) is 2. The van der Waals surface area contributed by atoms with Crippen molar-refractivity contribution in [1.82, 2.24) is 9.97 Å². The van der Waals surface area contributed by atoms with Gasteiger partial charge in [-0.2, -0.15) is 9.97 Å². The molecule has 0 bridgehead atoms. The highest BCUT2D eigenvalue weighted by atomic mass is 16.5. The summed E-state index contributed by atoms with van der Waals surface area (Å²) in [4.78, 5) is 8.36. The van der Waals surface area contributed by atoms with Crippen molar-refractivity contribution < 1.29 is 14.6 Å². The maximum Gasteiger partial charge on any atom is 0.229 e. The Kier molecular flexibility index (Phi) is 6.21. The monoisotopic (exact) mass is 255 g/mol. The van der Waals surface area contributed by atoms with Gasteiger partial charge in [0.1, 0.15) is 0 Å². The molecule has 1 aromatic rings. The third-order valence-electron chi connectivity index (χ3n) is 2.76. The van der Waals surface area contributed by atoms with Crippen molar-refractivity contribution in [2.24, 2.45) is 5.92 Å². The highest BCUT2D eigenvalue weighted by Crippen LogP contribution is 2.18. The van der Waals surface area contributed by atoms with Gasteiger partial charge in [-0.1, -0.05) is 13.3 Å². The molecule has 1 atom stereocenters. The van der Waals surface area contributed by atoms with Crippen molar-refractivity contribution >= 4 is 5.95 Å². The van der Waals surface area contributed by atoms with Gasteiger partial charge in [0.2, 0.25) is 17.7 Å². The average Bonchev–Trinajstić information content (AvgIpc) is 2.42. The van der Waals surface area contributed by atoms with Gasteiger partial charge in [-0.3, -0.25) is 0 Å². The van der Waals surface area contributed by atoms with Gasteiger partial charge in [0.15, 0.2) is 0 Å². The summed E-state index contributed by atoms with van der Waals surface area (Å²) in [6, 6.07) is 1.62. The second-order valence-electron chi connectivity index (χ2n) is 3.94. The molecule has 1 aromatic heterocycles. The van der Waals surface area contributed by atoms with Gasteiger partial charge < -0.3 is 19.9 Å². The van der Waals surface area contributed by atoms with Crippen LogP contribution in [-0.2, 0) is 0 Å². The molecule has 102 valence electrons. The zero-order valence-electron chi connectivity index (χ0n) is 11.1. The van der Waals surface area contributed by atoms with Gasteiger partial charge in [-0.05, 0) is 12.3 Å². The van der Waals surface area contributed by atoms with Crippen LogP contribution in [0.4, 0.5) is 5.95 Å². The minimum absolute atomic E-state index is 0.197. The van der Waals surface area contributed by atoms with E-state index in [1.54, 1.807) is 20.3 Å². The molecule has 0 fully saturated rings. The maximum absolute atomic E-state index is 8.93. The molecule has 18 heavy (non-hydrogen) atoms. The van der Waals surface area contributed by atoms with Crippen LogP contribution in [0.2, 0.25) is 0 Å². The van der Waals surface area contributed by atoms with Crippen molar-refractivity contribution in [1.29, 1.82) is 0 Å². The predicted molar refractivity (Wildman–Crippen MR) is 69.1 cm³/mol. The third kappa shape index (κ3) is 4.37. The van der Waals surface area contributed by atoms with E-state index in [1.807, 2.05) is 0 Å². The molecule has 0 aliphatic carbocycles. The molecule has 0 aliphatic heterocycles. The van der Waals surface area contributed by atoms with Crippen molar-refractivity contribution in [3.63, 3.8) is 0 Å². The quantitative estimate of drug-likeness (QED) is 0.729. The van der Waals surface area contributed by atoms with Gasteiger partial charge in [0.05, 0.1) is 20.3 Å². The lowest BCUT2D eigenvalue weighted by molar-refractivity contribution is 0.258. The van der Waals surface area contributed by atoms with E-state index in [0.717, 1.165) is 12.8 Å². The molecule has 0 aliphatic rings. The SMILES string of the molecule is CCC(CCO)CNc1nc(OC)cc(OC)n1. The Bertz CT molecular complexity index is 338. The number of nitrogens with one attached hydrogen (secondary N) is 1. The lowest BCUT2D eigenvalue weighted by Gasteiger charge is -2.14. The van der Waals surface area contributed by atoms with Crippen LogP contribution in [0, 0.1) is 5.92 Å². The molecule has 0 saturated heterocycles. The Hall–Kier alpha value is -1.56. The summed E-state index contributed by atoms with van der Waals surface area (Å²) >= 11 is 0. The highest BCUT2D eigenvalue weighted by molar-refractivity contribution is 5.33. The summed E-state index contributed by atoms with van der Waals surface area (Å²) in [5.41, 5.74) is 0. The van der Waals surface area contributed by atoms with Crippen molar-refractivity contribution in [3.05, 3.63) is 6.07 Å². The van der Waals surface area contributed by atoms with Gasteiger partial charge in [-0.15, -0.1) is 0 Å². The number of ether oxygens (including phenoxy) is 2. The summed E-state index contributed by atoms with van der Waals surface area (Å²) < 4.78 is 10.1. The van der Waals surface area contributed by atoms with Gasteiger partial charge in [0, 0.05) is 13.2 Å². The molecule has 0 spiro atoms. The van der Waals surface area contributed by atoms with E-state index in [-0.39, 0.29) is 6.61 Å². The fourth-order valence-corrected chi connectivity index (χ4v) is 1.56. The normalized spacial score (nSPS) is 12.0. The molecule has 1 unspecified atom stereocenters. The summed E-state index contributed by atoms with van der Waals surface area (Å²) in [5, 5.41) is 12.1. The van der Waals surface area contributed by atoms with Gasteiger partial charge in [0.25, 0.3) is 0 Å². The first-order valence-electron chi connectivity index (χ1n) is 6.05. The van der Waals surface area contributed by atoms with E-state index in [1.165, 1.54) is 0 Å². The number of hydrogen-bond acceptors (Lipinski definition) is 6. The Balaban J connectivity index is 2.65. The highest BCUT2D eigenvalue weighted by Gasteiger charge is 2.08. The van der Waals surface area contributed by atoms with Crippen LogP contribution in [0.15, 0.2) is 6.07 Å². The van der Waals surface area contributed by atoms with Crippen LogP contribution in [0.25, 0.3) is 0 Å². The van der Waals surface area contributed by atoms with Crippen molar-refractivity contribution in [2.45, 2.75) is 19.8 Å². The molecule has 6 heteroatoms. The molecule has 1 rings (SSSR count). The molecule has 0 aromatic carbocycles.